The van der Waals surface area contributed by atoms with Gasteiger partial charge in [-0.2, -0.15) is 8.78 Å². The van der Waals surface area contributed by atoms with Gasteiger partial charge in [-0.25, -0.2) is 13.5 Å². The van der Waals surface area contributed by atoms with Gasteiger partial charge in [0.2, 0.25) is 0 Å². The lowest BCUT2D eigenvalue weighted by Crippen LogP contribution is -2.49. The minimum absolute atomic E-state index is 0.0346. The van der Waals surface area contributed by atoms with Gasteiger partial charge in [-0.3, -0.25) is 4.98 Å². The summed E-state index contributed by atoms with van der Waals surface area (Å²) in [6.07, 6.45) is 1.10. The Balaban J connectivity index is 1.44. The van der Waals surface area contributed by atoms with Crippen LogP contribution in [0.25, 0.3) is 11.4 Å². The molecule has 1 N–H and O–H groups in total. The lowest BCUT2D eigenvalue weighted by atomic mass is 9.80. The molecule has 0 aliphatic carbocycles. The SMILES string of the molecule is OC1(C(F)(F)c2ccc(OCc3ccc(F)cc3)cn2)Cn2nnnc2-c2cc(F)ccc21. The normalized spacial score (nSPS) is 17.4. The number of hydrogen-bond acceptors (Lipinski definition) is 6. The molecule has 11 heteroatoms. The molecular formula is C22H15F4N5O2. The first kappa shape index (κ1) is 21.0. The van der Waals surface area contributed by atoms with Crippen molar-refractivity contribution in [1.82, 2.24) is 25.2 Å². The second kappa shape index (κ2) is 7.62. The first-order chi connectivity index (χ1) is 15.8. The Morgan fingerprint density at radius 2 is 1.79 bits per heavy atom. The Labute approximate surface area is 184 Å². The standard InChI is InChI=1S/C22H15F4N5O2/c23-14-3-1-13(2-4-14)11-33-16-6-8-19(27-10-16)22(25,26)21(32)12-31-20(28-29-30-31)17-9-15(24)5-7-18(17)21/h1-10,32H,11-12H2. The van der Waals surface area contributed by atoms with Crippen molar-refractivity contribution in [3.05, 3.63) is 89.2 Å². The number of alkyl halides is 2. The monoisotopic (exact) mass is 457 g/mol. The van der Waals surface area contributed by atoms with Gasteiger partial charge in [0, 0.05) is 11.1 Å². The third-order valence-electron chi connectivity index (χ3n) is 5.47. The highest BCUT2D eigenvalue weighted by molar-refractivity contribution is 5.64. The lowest BCUT2D eigenvalue weighted by Gasteiger charge is -2.39. The fourth-order valence-electron chi connectivity index (χ4n) is 3.75. The quantitative estimate of drug-likeness (QED) is 0.461. The molecule has 5 rings (SSSR count). The Kier molecular flexibility index (Phi) is 4.85. The van der Waals surface area contributed by atoms with Crippen LogP contribution in [-0.4, -0.2) is 30.3 Å². The first-order valence-electron chi connectivity index (χ1n) is 9.78. The van der Waals surface area contributed by atoms with Crippen molar-refractivity contribution in [3.63, 3.8) is 0 Å². The van der Waals surface area contributed by atoms with E-state index in [2.05, 4.69) is 20.5 Å². The third kappa shape index (κ3) is 3.50. The van der Waals surface area contributed by atoms with Crippen LogP contribution >= 0.6 is 0 Å². The van der Waals surface area contributed by atoms with Crippen molar-refractivity contribution in [2.45, 2.75) is 24.7 Å². The van der Waals surface area contributed by atoms with E-state index in [1.54, 1.807) is 0 Å². The largest absolute Gasteiger partial charge is 0.487 e. The van der Waals surface area contributed by atoms with Crippen molar-refractivity contribution in [1.29, 1.82) is 0 Å². The molecule has 0 radical (unpaired) electrons. The smallest absolute Gasteiger partial charge is 0.323 e. The van der Waals surface area contributed by atoms with Crippen LogP contribution in [-0.2, 0) is 24.7 Å². The predicted molar refractivity (Wildman–Crippen MR) is 106 cm³/mol. The maximum atomic E-state index is 15.7. The number of pyridine rings is 1. The van der Waals surface area contributed by atoms with Gasteiger partial charge >= 0.3 is 5.92 Å². The van der Waals surface area contributed by atoms with Crippen LogP contribution in [0.15, 0.2) is 60.8 Å². The number of halogens is 4. The molecule has 7 nitrogen and oxygen atoms in total. The van der Waals surface area contributed by atoms with Crippen LogP contribution in [0, 0.1) is 11.6 Å². The third-order valence-corrected chi connectivity index (χ3v) is 5.47. The number of hydrogen-bond donors (Lipinski definition) is 1. The van der Waals surface area contributed by atoms with E-state index in [0.29, 0.717) is 5.56 Å². The van der Waals surface area contributed by atoms with E-state index in [-0.39, 0.29) is 35.1 Å². The summed E-state index contributed by atoms with van der Waals surface area (Å²) in [7, 11) is 0. The molecule has 1 aliphatic heterocycles. The van der Waals surface area contributed by atoms with Crippen LogP contribution in [0.4, 0.5) is 17.6 Å². The summed E-state index contributed by atoms with van der Waals surface area (Å²) in [5.41, 5.74) is -3.07. The molecule has 0 amide bonds. The molecule has 0 saturated carbocycles. The van der Waals surface area contributed by atoms with Crippen LogP contribution < -0.4 is 4.74 Å². The van der Waals surface area contributed by atoms with E-state index >= 15 is 8.78 Å². The Bertz CT molecular complexity index is 1310. The molecule has 2 aromatic carbocycles. The second-order valence-corrected chi connectivity index (χ2v) is 7.58. The van der Waals surface area contributed by atoms with Crippen molar-refractivity contribution in [2.75, 3.05) is 0 Å². The summed E-state index contributed by atoms with van der Waals surface area (Å²) in [5.74, 6) is -4.68. The zero-order valence-corrected chi connectivity index (χ0v) is 16.8. The average molecular weight is 457 g/mol. The van der Waals surface area contributed by atoms with E-state index in [0.717, 1.165) is 35.1 Å². The molecule has 168 valence electrons. The predicted octanol–water partition coefficient (Wildman–Crippen LogP) is 3.59. The minimum Gasteiger partial charge on any atom is -0.487 e. The Hall–Kier alpha value is -3.86. The number of ether oxygens (including phenoxy) is 1. The summed E-state index contributed by atoms with van der Waals surface area (Å²) in [6.45, 7) is -0.575. The highest BCUT2D eigenvalue weighted by Crippen LogP contribution is 2.50. The van der Waals surface area contributed by atoms with Gasteiger partial charge in [-0.05, 0) is 52.4 Å². The maximum absolute atomic E-state index is 15.7. The van der Waals surface area contributed by atoms with Gasteiger partial charge in [0.25, 0.3) is 0 Å². The van der Waals surface area contributed by atoms with Gasteiger partial charge in [0.15, 0.2) is 11.4 Å². The fourth-order valence-corrected chi connectivity index (χ4v) is 3.75. The van der Waals surface area contributed by atoms with Crippen LogP contribution in [0.3, 0.4) is 0 Å². The number of fused-ring (bicyclic) bond motifs is 3. The summed E-state index contributed by atoms with van der Waals surface area (Å²) in [6, 6.07) is 11.1. The highest BCUT2D eigenvalue weighted by atomic mass is 19.3. The fraction of sp³-hybridized carbons (Fsp3) is 0.182. The van der Waals surface area contributed by atoms with Crippen LogP contribution in [0.1, 0.15) is 16.8 Å². The summed E-state index contributed by atoms with van der Waals surface area (Å²) in [5, 5.41) is 22.0. The van der Waals surface area contributed by atoms with Gasteiger partial charge < -0.3 is 9.84 Å². The van der Waals surface area contributed by atoms with Crippen molar-refractivity contribution >= 4 is 0 Å². The van der Waals surface area contributed by atoms with Crippen molar-refractivity contribution in [3.8, 4) is 17.1 Å². The van der Waals surface area contributed by atoms with Gasteiger partial charge in [0.1, 0.15) is 29.7 Å². The number of benzene rings is 2. The molecular weight excluding hydrogens is 442 g/mol. The topological polar surface area (TPSA) is 86.0 Å². The second-order valence-electron chi connectivity index (χ2n) is 7.58. The molecule has 33 heavy (non-hydrogen) atoms. The molecule has 4 aromatic rings. The zero-order chi connectivity index (χ0) is 23.2. The van der Waals surface area contributed by atoms with Crippen LogP contribution in [0.2, 0.25) is 0 Å². The average Bonchev–Trinajstić information content (AvgIpc) is 3.27. The van der Waals surface area contributed by atoms with Crippen molar-refractivity contribution in [2.24, 2.45) is 0 Å². The van der Waals surface area contributed by atoms with Crippen LogP contribution in [0.5, 0.6) is 5.75 Å². The number of tetrazole rings is 1. The molecule has 0 bridgehead atoms. The number of rotatable bonds is 5. The van der Waals surface area contributed by atoms with Gasteiger partial charge in [0.05, 0.1) is 12.7 Å². The zero-order valence-electron chi connectivity index (χ0n) is 16.8. The number of nitrogens with zero attached hydrogens (tertiary/aromatic N) is 5. The van der Waals surface area contributed by atoms with E-state index in [1.165, 1.54) is 30.3 Å². The van der Waals surface area contributed by atoms with E-state index < -0.39 is 29.6 Å². The van der Waals surface area contributed by atoms with E-state index in [9.17, 15) is 13.9 Å². The lowest BCUT2D eigenvalue weighted by molar-refractivity contribution is -0.207. The molecule has 1 unspecified atom stereocenters. The van der Waals surface area contributed by atoms with Gasteiger partial charge in [-0.15, -0.1) is 5.10 Å². The summed E-state index contributed by atoms with van der Waals surface area (Å²) < 4.78 is 64.7. The molecule has 1 atom stereocenters. The number of aromatic nitrogens is 5. The maximum Gasteiger partial charge on any atom is 0.323 e. The van der Waals surface area contributed by atoms with Crippen molar-refractivity contribution < 1.29 is 27.4 Å². The number of aliphatic hydroxyl groups is 1. The highest BCUT2D eigenvalue weighted by Gasteiger charge is 2.59. The molecule has 0 saturated heterocycles. The Morgan fingerprint density at radius 1 is 1.03 bits per heavy atom. The molecule has 0 fully saturated rings. The molecule has 0 spiro atoms. The summed E-state index contributed by atoms with van der Waals surface area (Å²) in [4.78, 5) is 3.80. The Morgan fingerprint density at radius 3 is 2.52 bits per heavy atom. The molecule has 3 heterocycles. The van der Waals surface area contributed by atoms with E-state index in [1.807, 2.05) is 0 Å². The van der Waals surface area contributed by atoms with Gasteiger partial charge in [-0.1, -0.05) is 18.2 Å². The van der Waals surface area contributed by atoms with E-state index in [4.69, 9.17) is 4.74 Å². The summed E-state index contributed by atoms with van der Waals surface area (Å²) >= 11 is 0. The molecule has 1 aliphatic rings. The minimum atomic E-state index is -3.89. The molecule has 2 aromatic heterocycles. The first-order valence-corrected chi connectivity index (χ1v) is 9.78.